The monoisotopic (exact) mass is 307 g/mol. The zero-order valence-corrected chi connectivity index (χ0v) is 11.6. The number of carboxylic acid groups (broad SMARTS) is 1. The van der Waals surface area contributed by atoms with Crippen LogP contribution in [0.3, 0.4) is 0 Å². The average molecular weight is 307 g/mol. The van der Waals surface area contributed by atoms with Gasteiger partial charge in [-0.05, 0) is 25.0 Å². The summed E-state index contributed by atoms with van der Waals surface area (Å²) in [5.74, 6) is -1.88. The van der Waals surface area contributed by atoms with Crippen molar-refractivity contribution in [2.45, 2.75) is 23.8 Å². The standard InChI is InChI=1S/C13H11N2O5S/c16-12-10-5-8(21(19,20)15-7-1-2-7)3-4-9(10)11(6-14-12)13(17)18/h3-7,15H,1-2H2,(H,17,18). The largest absolute Gasteiger partial charge is 0.478 e. The Kier molecular flexibility index (Phi) is 3.07. The highest BCUT2D eigenvalue weighted by Crippen LogP contribution is 2.27. The summed E-state index contributed by atoms with van der Waals surface area (Å²) in [6, 6.07) is 3.73. The number of aliphatic carboxylic acids is 1. The second-order valence-corrected chi connectivity index (χ2v) is 6.60. The lowest BCUT2D eigenvalue weighted by Gasteiger charge is -2.15. The van der Waals surface area contributed by atoms with Crippen LogP contribution in [0.25, 0.3) is 5.57 Å². The molecule has 1 saturated carbocycles. The van der Waals surface area contributed by atoms with E-state index in [1.165, 1.54) is 18.2 Å². The third-order valence-corrected chi connectivity index (χ3v) is 4.78. The number of benzene rings is 1. The zero-order chi connectivity index (χ0) is 15.2. The smallest absolute Gasteiger partial charge is 0.337 e. The van der Waals surface area contributed by atoms with Gasteiger partial charge >= 0.3 is 5.97 Å². The average Bonchev–Trinajstić information content (AvgIpc) is 3.21. The molecule has 1 amide bonds. The van der Waals surface area contributed by atoms with Crippen molar-refractivity contribution in [2.24, 2.45) is 0 Å². The lowest BCUT2D eigenvalue weighted by Crippen LogP contribution is -2.27. The summed E-state index contributed by atoms with van der Waals surface area (Å²) in [5, 5.41) is 12.5. The molecule has 1 aromatic carbocycles. The van der Waals surface area contributed by atoms with E-state index in [0.717, 1.165) is 19.0 Å². The number of hydrogen-bond donors (Lipinski definition) is 2. The Bertz CT molecular complexity index is 778. The van der Waals surface area contributed by atoms with Gasteiger partial charge < -0.3 is 5.11 Å². The molecule has 7 nitrogen and oxygen atoms in total. The first kappa shape index (κ1) is 13.8. The molecule has 1 aromatic rings. The van der Waals surface area contributed by atoms with Crippen molar-refractivity contribution < 1.29 is 23.1 Å². The van der Waals surface area contributed by atoms with Gasteiger partial charge in [-0.2, -0.15) is 0 Å². The number of carbonyl (C=O) groups excluding carboxylic acids is 1. The van der Waals surface area contributed by atoms with Crippen LogP contribution in [0.4, 0.5) is 0 Å². The van der Waals surface area contributed by atoms with Crippen LogP contribution in [0, 0.1) is 0 Å². The van der Waals surface area contributed by atoms with Gasteiger partial charge in [0.2, 0.25) is 10.0 Å². The molecule has 0 aromatic heterocycles. The highest BCUT2D eigenvalue weighted by molar-refractivity contribution is 7.89. The lowest BCUT2D eigenvalue weighted by atomic mass is 9.97. The van der Waals surface area contributed by atoms with Crippen LogP contribution in [0.5, 0.6) is 0 Å². The molecule has 0 saturated heterocycles. The number of nitrogens with one attached hydrogen (secondary N) is 1. The molecule has 1 heterocycles. The summed E-state index contributed by atoms with van der Waals surface area (Å²) in [4.78, 5) is 22.8. The van der Waals surface area contributed by atoms with Gasteiger partial charge in [-0.15, -0.1) is 0 Å². The van der Waals surface area contributed by atoms with Crippen LogP contribution in [0.1, 0.15) is 28.8 Å². The van der Waals surface area contributed by atoms with E-state index in [1.54, 1.807) is 0 Å². The highest BCUT2D eigenvalue weighted by atomic mass is 32.2. The van der Waals surface area contributed by atoms with E-state index in [0.29, 0.717) is 0 Å². The number of carboxylic acids is 1. The predicted octanol–water partition coefficient (Wildman–Crippen LogP) is 0.311. The first-order valence-electron chi connectivity index (χ1n) is 6.24. The second-order valence-electron chi connectivity index (χ2n) is 4.89. The molecule has 8 heteroatoms. The fourth-order valence-corrected chi connectivity index (χ4v) is 3.35. The van der Waals surface area contributed by atoms with E-state index in [-0.39, 0.29) is 27.6 Å². The van der Waals surface area contributed by atoms with E-state index < -0.39 is 21.9 Å². The first-order chi connectivity index (χ1) is 9.88. The Morgan fingerprint density at radius 2 is 2.00 bits per heavy atom. The predicted molar refractivity (Wildman–Crippen MR) is 71.9 cm³/mol. The number of rotatable bonds is 4. The third-order valence-electron chi connectivity index (χ3n) is 3.26. The van der Waals surface area contributed by atoms with Crippen molar-refractivity contribution in [1.29, 1.82) is 0 Å². The van der Waals surface area contributed by atoms with Gasteiger partial charge in [0, 0.05) is 17.8 Å². The van der Waals surface area contributed by atoms with Crippen LogP contribution < -0.4 is 10.0 Å². The van der Waals surface area contributed by atoms with E-state index in [2.05, 4.69) is 10.0 Å². The number of amides is 1. The summed E-state index contributed by atoms with van der Waals surface area (Å²) in [7, 11) is -3.70. The van der Waals surface area contributed by atoms with Crippen LogP contribution in [0.15, 0.2) is 29.3 Å². The number of carbonyl (C=O) groups is 2. The minimum atomic E-state index is -3.70. The maximum Gasteiger partial charge on any atom is 0.337 e. The summed E-state index contributed by atoms with van der Waals surface area (Å²) >= 11 is 0. The van der Waals surface area contributed by atoms with E-state index in [4.69, 9.17) is 5.11 Å². The molecular weight excluding hydrogens is 296 g/mol. The molecule has 0 atom stereocenters. The molecular formula is C13H11N2O5S. The van der Waals surface area contributed by atoms with Crippen LogP contribution in [0.2, 0.25) is 0 Å². The minimum Gasteiger partial charge on any atom is -0.478 e. The quantitative estimate of drug-likeness (QED) is 0.831. The molecule has 3 rings (SSSR count). The summed E-state index contributed by atoms with van der Waals surface area (Å²) in [6.07, 6.45) is 2.57. The molecule has 1 fully saturated rings. The van der Waals surface area contributed by atoms with Gasteiger partial charge in [0.25, 0.3) is 5.91 Å². The van der Waals surface area contributed by atoms with Crippen LogP contribution in [-0.2, 0) is 14.8 Å². The molecule has 0 unspecified atom stereocenters. The van der Waals surface area contributed by atoms with Crippen molar-refractivity contribution in [3.63, 3.8) is 0 Å². The fourth-order valence-electron chi connectivity index (χ4n) is 2.02. The van der Waals surface area contributed by atoms with E-state index >= 15 is 0 Å². The number of fused-ring (bicyclic) bond motifs is 1. The van der Waals surface area contributed by atoms with Gasteiger partial charge in [-0.1, -0.05) is 6.07 Å². The number of hydrogen-bond acceptors (Lipinski definition) is 4. The Morgan fingerprint density at radius 1 is 1.29 bits per heavy atom. The van der Waals surface area contributed by atoms with Crippen molar-refractivity contribution >= 4 is 27.5 Å². The molecule has 2 N–H and O–H groups in total. The number of sulfonamides is 1. The van der Waals surface area contributed by atoms with Gasteiger partial charge in [0.1, 0.15) is 0 Å². The Balaban J connectivity index is 2.05. The normalized spacial score (nSPS) is 17.7. The maximum atomic E-state index is 12.1. The topological polar surface area (TPSA) is 115 Å². The van der Waals surface area contributed by atoms with Gasteiger partial charge in [-0.3, -0.25) is 4.79 Å². The Morgan fingerprint density at radius 3 is 2.62 bits per heavy atom. The summed E-state index contributed by atoms with van der Waals surface area (Å²) in [5.41, 5.74) is 0.0187. The Labute approximate surface area is 120 Å². The van der Waals surface area contributed by atoms with Gasteiger partial charge in [0.15, 0.2) is 0 Å². The second kappa shape index (κ2) is 4.68. The number of nitrogens with zero attached hydrogens (tertiary/aromatic N) is 1. The molecule has 1 radical (unpaired) electrons. The summed E-state index contributed by atoms with van der Waals surface area (Å²) in [6.45, 7) is 0. The lowest BCUT2D eigenvalue weighted by molar-refractivity contribution is -0.130. The molecule has 1 aliphatic carbocycles. The highest BCUT2D eigenvalue weighted by Gasteiger charge is 2.30. The molecule has 0 spiro atoms. The van der Waals surface area contributed by atoms with Gasteiger partial charge in [0.05, 0.1) is 16.0 Å². The summed E-state index contributed by atoms with van der Waals surface area (Å²) < 4.78 is 26.7. The molecule has 2 aliphatic rings. The van der Waals surface area contributed by atoms with Crippen molar-refractivity contribution in [3.8, 4) is 0 Å². The first-order valence-corrected chi connectivity index (χ1v) is 7.72. The molecule has 21 heavy (non-hydrogen) atoms. The molecule has 109 valence electrons. The van der Waals surface area contributed by atoms with Crippen LogP contribution >= 0.6 is 0 Å². The van der Waals surface area contributed by atoms with Gasteiger partial charge in [-0.25, -0.2) is 23.3 Å². The van der Waals surface area contributed by atoms with E-state index in [9.17, 15) is 18.0 Å². The minimum absolute atomic E-state index is 0.0198. The van der Waals surface area contributed by atoms with Crippen LogP contribution in [-0.4, -0.2) is 31.4 Å². The molecule has 0 bridgehead atoms. The maximum absolute atomic E-state index is 12.1. The fraction of sp³-hybridized carbons (Fsp3) is 0.231. The Hall–Kier alpha value is -2.19. The van der Waals surface area contributed by atoms with Crippen molar-refractivity contribution in [3.05, 3.63) is 35.5 Å². The third kappa shape index (κ3) is 2.55. The zero-order valence-electron chi connectivity index (χ0n) is 10.7. The van der Waals surface area contributed by atoms with Crippen molar-refractivity contribution in [2.75, 3.05) is 0 Å². The van der Waals surface area contributed by atoms with Crippen molar-refractivity contribution in [1.82, 2.24) is 10.0 Å². The SMILES string of the molecule is O=C(O)C1=C[N]C(=O)c2cc(S(=O)(=O)NC3CC3)ccc21. The molecule has 1 aliphatic heterocycles. The van der Waals surface area contributed by atoms with E-state index in [1.807, 2.05) is 0 Å².